The van der Waals surface area contributed by atoms with Crippen LogP contribution in [0.5, 0.6) is 0 Å². The van der Waals surface area contributed by atoms with Crippen LogP contribution < -0.4 is 5.32 Å². The number of thiazole rings is 1. The van der Waals surface area contributed by atoms with E-state index in [2.05, 4.69) is 17.6 Å². The summed E-state index contributed by atoms with van der Waals surface area (Å²) in [5.74, 6) is 0. The van der Waals surface area contributed by atoms with E-state index in [1.165, 1.54) is 18.5 Å². The predicted octanol–water partition coefficient (Wildman–Crippen LogP) is 2.59. The Labute approximate surface area is 100 Å². The second-order valence-corrected chi connectivity index (χ2v) is 5.77. The molecule has 88 valence electrons. The number of hydrogen-bond donors (Lipinski definition) is 1. The summed E-state index contributed by atoms with van der Waals surface area (Å²) in [6.45, 7) is 4.18. The predicted molar refractivity (Wildman–Crippen MR) is 64.6 cm³/mol. The van der Waals surface area contributed by atoms with Gasteiger partial charge < -0.3 is 10.1 Å². The Morgan fingerprint density at radius 2 is 2.50 bits per heavy atom. The van der Waals surface area contributed by atoms with Gasteiger partial charge in [0.1, 0.15) is 10.6 Å². The van der Waals surface area contributed by atoms with Crippen LogP contribution in [0.2, 0.25) is 0 Å². The van der Waals surface area contributed by atoms with Gasteiger partial charge in [-0.05, 0) is 39.2 Å². The zero-order chi connectivity index (χ0) is 11.0. The first-order valence-electron chi connectivity index (χ1n) is 6.11. The van der Waals surface area contributed by atoms with Crippen LogP contribution in [0.15, 0.2) is 5.38 Å². The molecule has 1 aromatic heterocycles. The topological polar surface area (TPSA) is 34.2 Å². The first-order valence-corrected chi connectivity index (χ1v) is 6.99. The highest BCUT2D eigenvalue weighted by atomic mass is 32.1. The Morgan fingerprint density at radius 1 is 1.56 bits per heavy atom. The van der Waals surface area contributed by atoms with Crippen LogP contribution >= 0.6 is 11.3 Å². The Hall–Kier alpha value is -0.450. The minimum Gasteiger partial charge on any atom is -0.368 e. The van der Waals surface area contributed by atoms with Crippen molar-refractivity contribution in [3.63, 3.8) is 0 Å². The molecule has 0 spiro atoms. The van der Waals surface area contributed by atoms with Crippen molar-refractivity contribution in [2.75, 3.05) is 13.2 Å². The van der Waals surface area contributed by atoms with Crippen LogP contribution in [0.3, 0.4) is 0 Å². The Balaban J connectivity index is 1.81. The maximum absolute atomic E-state index is 5.83. The van der Waals surface area contributed by atoms with Crippen LogP contribution in [-0.4, -0.2) is 18.1 Å². The number of ether oxygens (including phenoxy) is 1. The van der Waals surface area contributed by atoms with E-state index >= 15 is 0 Å². The molecule has 2 aliphatic heterocycles. The summed E-state index contributed by atoms with van der Waals surface area (Å²) in [4.78, 5) is 4.78. The van der Waals surface area contributed by atoms with E-state index in [0.29, 0.717) is 6.04 Å². The average molecular weight is 238 g/mol. The molecule has 2 fully saturated rings. The molecule has 16 heavy (non-hydrogen) atoms. The van der Waals surface area contributed by atoms with E-state index in [9.17, 15) is 0 Å². The van der Waals surface area contributed by atoms with Gasteiger partial charge in [0.2, 0.25) is 0 Å². The first-order chi connectivity index (χ1) is 7.78. The van der Waals surface area contributed by atoms with Gasteiger partial charge >= 0.3 is 0 Å². The third-order valence-corrected chi connectivity index (χ3v) is 4.72. The van der Waals surface area contributed by atoms with Crippen molar-refractivity contribution in [3.05, 3.63) is 16.1 Å². The van der Waals surface area contributed by atoms with Gasteiger partial charge in [0.15, 0.2) is 0 Å². The van der Waals surface area contributed by atoms with Crippen molar-refractivity contribution in [1.82, 2.24) is 10.3 Å². The molecule has 2 saturated heterocycles. The van der Waals surface area contributed by atoms with Crippen molar-refractivity contribution >= 4 is 11.3 Å². The van der Waals surface area contributed by atoms with Crippen molar-refractivity contribution < 1.29 is 4.74 Å². The van der Waals surface area contributed by atoms with E-state index in [1.807, 2.05) is 0 Å². The molecular formula is C12H18N2OS. The molecule has 0 saturated carbocycles. The fourth-order valence-electron chi connectivity index (χ4n) is 2.57. The summed E-state index contributed by atoms with van der Waals surface area (Å²) in [6, 6.07) is 0.481. The van der Waals surface area contributed by atoms with E-state index in [-0.39, 0.29) is 5.60 Å². The average Bonchev–Trinajstić information content (AvgIpc) is 2.98. The molecule has 3 rings (SSSR count). The fraction of sp³-hybridized carbons (Fsp3) is 0.750. The van der Waals surface area contributed by atoms with Crippen LogP contribution in [-0.2, 0) is 10.3 Å². The van der Waals surface area contributed by atoms with Gasteiger partial charge in [-0.1, -0.05) is 0 Å². The highest BCUT2D eigenvalue weighted by molar-refractivity contribution is 7.09. The lowest BCUT2D eigenvalue weighted by molar-refractivity contribution is 0.0165. The Morgan fingerprint density at radius 3 is 3.19 bits per heavy atom. The normalized spacial score (nSPS) is 34.7. The molecule has 0 radical (unpaired) electrons. The van der Waals surface area contributed by atoms with Gasteiger partial charge in [-0.2, -0.15) is 0 Å². The number of aromatic nitrogens is 1. The number of nitrogens with one attached hydrogen (secondary N) is 1. The minimum absolute atomic E-state index is 0.110. The number of hydrogen-bond acceptors (Lipinski definition) is 4. The maximum atomic E-state index is 5.83. The third kappa shape index (κ3) is 1.79. The summed E-state index contributed by atoms with van der Waals surface area (Å²) in [5.41, 5.74) is 1.11. The maximum Gasteiger partial charge on any atom is 0.125 e. The van der Waals surface area contributed by atoms with E-state index in [1.54, 1.807) is 11.3 Å². The van der Waals surface area contributed by atoms with Gasteiger partial charge in [0.05, 0.1) is 11.7 Å². The van der Waals surface area contributed by atoms with Crippen molar-refractivity contribution in [3.8, 4) is 0 Å². The van der Waals surface area contributed by atoms with E-state index < -0.39 is 0 Å². The Kier molecular flexibility index (Phi) is 2.73. The van der Waals surface area contributed by atoms with Crippen LogP contribution in [0, 0.1) is 0 Å². The smallest absolute Gasteiger partial charge is 0.125 e. The summed E-state index contributed by atoms with van der Waals surface area (Å²) in [7, 11) is 0. The van der Waals surface area contributed by atoms with Gasteiger partial charge in [-0.3, -0.25) is 0 Å². The highest BCUT2D eigenvalue weighted by Gasteiger charge is 2.35. The molecule has 0 bridgehead atoms. The van der Waals surface area contributed by atoms with Crippen LogP contribution in [0.4, 0.5) is 0 Å². The number of nitrogens with zero attached hydrogens (tertiary/aromatic N) is 1. The lowest BCUT2D eigenvalue weighted by Crippen LogP contribution is -2.20. The van der Waals surface area contributed by atoms with Crippen molar-refractivity contribution in [2.24, 2.45) is 0 Å². The largest absolute Gasteiger partial charge is 0.368 e. The van der Waals surface area contributed by atoms with Crippen LogP contribution in [0.1, 0.15) is 49.4 Å². The summed E-state index contributed by atoms with van der Waals surface area (Å²) >= 11 is 1.76. The summed E-state index contributed by atoms with van der Waals surface area (Å²) in [5, 5.41) is 6.85. The molecule has 1 N–H and O–H groups in total. The zero-order valence-electron chi connectivity index (χ0n) is 9.66. The Bertz CT molecular complexity index is 365. The van der Waals surface area contributed by atoms with Crippen molar-refractivity contribution in [2.45, 2.75) is 44.2 Å². The molecular weight excluding hydrogens is 220 g/mol. The zero-order valence-corrected chi connectivity index (χ0v) is 10.5. The minimum atomic E-state index is -0.110. The van der Waals surface area contributed by atoms with Gasteiger partial charge in [0, 0.05) is 12.0 Å². The summed E-state index contributed by atoms with van der Waals surface area (Å²) < 4.78 is 5.83. The molecule has 0 aromatic carbocycles. The molecule has 2 unspecified atom stereocenters. The van der Waals surface area contributed by atoms with Crippen LogP contribution in [0.25, 0.3) is 0 Å². The van der Waals surface area contributed by atoms with E-state index in [4.69, 9.17) is 9.72 Å². The monoisotopic (exact) mass is 238 g/mol. The second kappa shape index (κ2) is 4.09. The molecule has 2 aliphatic rings. The molecule has 0 aliphatic carbocycles. The lowest BCUT2D eigenvalue weighted by atomic mass is 10.0. The standard InChI is InChI=1S/C12H18N2OS/c1-12(5-3-7-15-12)11-14-10(8-16-11)9-4-2-6-13-9/h8-9,13H,2-7H2,1H3. The SMILES string of the molecule is CC1(c2nc(C3CCCN3)cs2)CCCO1. The molecule has 0 amide bonds. The molecule has 3 nitrogen and oxygen atoms in total. The second-order valence-electron chi connectivity index (χ2n) is 4.91. The highest BCUT2D eigenvalue weighted by Crippen LogP contribution is 2.38. The number of rotatable bonds is 2. The molecule has 4 heteroatoms. The quantitative estimate of drug-likeness (QED) is 0.860. The van der Waals surface area contributed by atoms with Gasteiger partial charge in [-0.25, -0.2) is 4.98 Å². The van der Waals surface area contributed by atoms with Gasteiger partial charge in [0.25, 0.3) is 0 Å². The molecule has 1 aromatic rings. The summed E-state index contributed by atoms with van der Waals surface area (Å²) in [6.07, 6.45) is 4.76. The molecule has 3 heterocycles. The fourth-order valence-corrected chi connectivity index (χ4v) is 3.59. The first kappa shape index (κ1) is 10.7. The third-order valence-electron chi connectivity index (χ3n) is 3.61. The van der Waals surface area contributed by atoms with Gasteiger partial charge in [-0.15, -0.1) is 11.3 Å². The molecule has 2 atom stereocenters. The van der Waals surface area contributed by atoms with Crippen molar-refractivity contribution in [1.29, 1.82) is 0 Å². The van der Waals surface area contributed by atoms with E-state index in [0.717, 1.165) is 31.0 Å². The lowest BCUT2D eigenvalue weighted by Gasteiger charge is -2.19.